The first-order chi connectivity index (χ1) is 14.1. The highest BCUT2D eigenvalue weighted by molar-refractivity contribution is 8.18. The van der Waals surface area contributed by atoms with E-state index in [1.807, 2.05) is 72.8 Å². The van der Waals surface area contributed by atoms with Gasteiger partial charge in [-0.05, 0) is 64.9 Å². The lowest BCUT2D eigenvalue weighted by Crippen LogP contribution is -2.23. The molecule has 0 atom stereocenters. The number of benzene rings is 3. The maximum atomic E-state index is 12.7. The first-order valence-electron chi connectivity index (χ1n) is 9.20. The van der Waals surface area contributed by atoms with Crippen molar-refractivity contribution in [3.8, 4) is 16.9 Å². The molecule has 0 N–H and O–H groups in total. The fourth-order valence-corrected chi connectivity index (χ4v) is 3.99. The van der Waals surface area contributed by atoms with Crippen LogP contribution in [0.15, 0.2) is 88.8 Å². The third-order valence-corrected chi connectivity index (χ3v) is 5.65. The van der Waals surface area contributed by atoms with E-state index in [2.05, 4.69) is 17.1 Å². The SMILES string of the molecule is COc1ccc(-c2cccc(C=C3SC(=Nc4ccccc4)N(C)C3=O)c2)cc1. The standard InChI is InChI=1S/C24H20N2O2S/c1-26-23(27)22(29-24(26)25-20-9-4-3-5-10-20)16-17-7-6-8-19(15-17)18-11-13-21(28-2)14-12-18/h3-16H,1-2H3. The summed E-state index contributed by atoms with van der Waals surface area (Å²) in [6, 6.07) is 25.7. The van der Waals surface area contributed by atoms with Gasteiger partial charge < -0.3 is 4.74 Å². The number of amides is 1. The van der Waals surface area contributed by atoms with Crippen LogP contribution in [0.25, 0.3) is 17.2 Å². The number of methoxy groups -OCH3 is 1. The van der Waals surface area contributed by atoms with E-state index in [9.17, 15) is 4.79 Å². The number of amidine groups is 1. The van der Waals surface area contributed by atoms with Crippen LogP contribution in [0.1, 0.15) is 5.56 Å². The van der Waals surface area contributed by atoms with Crippen molar-refractivity contribution < 1.29 is 9.53 Å². The smallest absolute Gasteiger partial charge is 0.266 e. The normalized spacial score (nSPS) is 16.6. The molecule has 4 rings (SSSR count). The Balaban J connectivity index is 1.60. The summed E-state index contributed by atoms with van der Waals surface area (Å²) in [6.45, 7) is 0. The second-order valence-corrected chi connectivity index (χ2v) is 7.57. The van der Waals surface area contributed by atoms with Crippen molar-refractivity contribution in [3.05, 3.63) is 89.3 Å². The lowest BCUT2D eigenvalue weighted by atomic mass is 10.0. The molecule has 3 aromatic carbocycles. The van der Waals surface area contributed by atoms with Gasteiger partial charge in [-0.2, -0.15) is 0 Å². The second kappa shape index (κ2) is 8.37. The summed E-state index contributed by atoms with van der Waals surface area (Å²) in [7, 11) is 3.41. The van der Waals surface area contributed by atoms with Crippen LogP contribution in [0.5, 0.6) is 5.75 Å². The number of aliphatic imine (C=N–C) groups is 1. The molecule has 0 radical (unpaired) electrons. The fraction of sp³-hybridized carbons (Fsp3) is 0.0833. The van der Waals surface area contributed by atoms with Gasteiger partial charge in [0.2, 0.25) is 0 Å². The number of nitrogens with zero attached hydrogens (tertiary/aromatic N) is 2. The van der Waals surface area contributed by atoms with Gasteiger partial charge in [0.1, 0.15) is 5.75 Å². The number of hydrogen-bond donors (Lipinski definition) is 0. The zero-order chi connectivity index (χ0) is 20.2. The van der Waals surface area contributed by atoms with Gasteiger partial charge in [0, 0.05) is 7.05 Å². The minimum Gasteiger partial charge on any atom is -0.497 e. The summed E-state index contributed by atoms with van der Waals surface area (Å²) in [5, 5.41) is 0.679. The molecule has 1 aliphatic rings. The quantitative estimate of drug-likeness (QED) is 0.536. The Hall–Kier alpha value is -3.31. The maximum Gasteiger partial charge on any atom is 0.266 e. The molecule has 0 aromatic heterocycles. The molecular weight excluding hydrogens is 380 g/mol. The van der Waals surface area contributed by atoms with Gasteiger partial charge in [0.05, 0.1) is 17.7 Å². The molecule has 1 aliphatic heterocycles. The lowest BCUT2D eigenvalue weighted by molar-refractivity contribution is -0.121. The summed E-state index contributed by atoms with van der Waals surface area (Å²) >= 11 is 1.39. The number of para-hydroxylation sites is 1. The molecule has 0 saturated carbocycles. The van der Waals surface area contributed by atoms with E-state index >= 15 is 0 Å². The Morgan fingerprint density at radius 2 is 1.69 bits per heavy atom. The zero-order valence-corrected chi connectivity index (χ0v) is 17.0. The molecule has 29 heavy (non-hydrogen) atoms. The van der Waals surface area contributed by atoms with Crippen molar-refractivity contribution in [2.24, 2.45) is 4.99 Å². The molecule has 5 heteroatoms. The Morgan fingerprint density at radius 3 is 2.41 bits per heavy atom. The fourth-order valence-electron chi connectivity index (χ4n) is 3.01. The highest BCUT2D eigenvalue weighted by Crippen LogP contribution is 2.33. The average Bonchev–Trinajstić information content (AvgIpc) is 3.02. The third-order valence-electron chi connectivity index (χ3n) is 4.59. The minimum atomic E-state index is -0.0421. The molecule has 0 aliphatic carbocycles. The Bertz CT molecular complexity index is 1090. The number of carbonyl (C=O) groups is 1. The van der Waals surface area contributed by atoms with Gasteiger partial charge in [-0.15, -0.1) is 0 Å². The molecular formula is C24H20N2O2S. The van der Waals surface area contributed by atoms with Crippen molar-refractivity contribution in [1.82, 2.24) is 4.90 Å². The van der Waals surface area contributed by atoms with E-state index in [0.29, 0.717) is 10.1 Å². The predicted octanol–water partition coefficient (Wildman–Crippen LogP) is 5.60. The van der Waals surface area contributed by atoms with E-state index < -0.39 is 0 Å². The van der Waals surface area contributed by atoms with Crippen LogP contribution < -0.4 is 4.74 Å². The molecule has 0 spiro atoms. The third kappa shape index (κ3) is 4.25. The number of likely N-dealkylation sites (N-methyl/N-ethyl adjacent to an activating group) is 1. The summed E-state index contributed by atoms with van der Waals surface area (Å²) in [4.78, 5) is 19.5. The minimum absolute atomic E-state index is 0.0421. The lowest BCUT2D eigenvalue weighted by Gasteiger charge is -2.07. The maximum absolute atomic E-state index is 12.7. The number of rotatable bonds is 4. The Labute approximate surface area is 174 Å². The molecule has 0 unspecified atom stereocenters. The summed E-state index contributed by atoms with van der Waals surface area (Å²) in [5.41, 5.74) is 3.99. The predicted molar refractivity (Wildman–Crippen MR) is 120 cm³/mol. The van der Waals surface area contributed by atoms with E-state index in [1.54, 1.807) is 19.1 Å². The van der Waals surface area contributed by atoms with Crippen LogP contribution in [0.4, 0.5) is 5.69 Å². The van der Waals surface area contributed by atoms with Gasteiger partial charge in [0.15, 0.2) is 5.17 Å². The van der Waals surface area contributed by atoms with Crippen molar-refractivity contribution >= 4 is 34.6 Å². The van der Waals surface area contributed by atoms with E-state index in [4.69, 9.17) is 4.74 Å². The van der Waals surface area contributed by atoms with Gasteiger partial charge in [-0.3, -0.25) is 9.69 Å². The van der Waals surface area contributed by atoms with Crippen LogP contribution in [0.2, 0.25) is 0 Å². The van der Waals surface area contributed by atoms with Crippen LogP contribution in [0.3, 0.4) is 0 Å². The Morgan fingerprint density at radius 1 is 0.931 bits per heavy atom. The van der Waals surface area contributed by atoms with E-state index in [1.165, 1.54) is 11.8 Å². The Kier molecular flexibility index (Phi) is 5.49. The number of hydrogen-bond acceptors (Lipinski definition) is 4. The van der Waals surface area contributed by atoms with Gasteiger partial charge in [0.25, 0.3) is 5.91 Å². The van der Waals surface area contributed by atoms with Crippen molar-refractivity contribution in [2.45, 2.75) is 0 Å². The van der Waals surface area contributed by atoms with Gasteiger partial charge in [-0.1, -0.05) is 48.5 Å². The van der Waals surface area contributed by atoms with E-state index in [-0.39, 0.29) is 5.91 Å². The van der Waals surface area contributed by atoms with Crippen LogP contribution in [0, 0.1) is 0 Å². The second-order valence-electron chi connectivity index (χ2n) is 6.56. The largest absolute Gasteiger partial charge is 0.497 e. The summed E-state index contributed by atoms with van der Waals surface area (Å²) in [6.07, 6.45) is 1.92. The molecule has 1 saturated heterocycles. The monoisotopic (exact) mass is 400 g/mol. The van der Waals surface area contributed by atoms with Crippen molar-refractivity contribution in [2.75, 3.05) is 14.2 Å². The first-order valence-corrected chi connectivity index (χ1v) is 10.0. The highest BCUT2D eigenvalue weighted by Gasteiger charge is 2.30. The molecule has 0 bridgehead atoms. The van der Waals surface area contributed by atoms with Crippen LogP contribution in [-0.2, 0) is 4.79 Å². The van der Waals surface area contributed by atoms with Crippen LogP contribution >= 0.6 is 11.8 Å². The van der Waals surface area contributed by atoms with Crippen molar-refractivity contribution in [3.63, 3.8) is 0 Å². The van der Waals surface area contributed by atoms with Crippen LogP contribution in [-0.4, -0.2) is 30.1 Å². The average molecular weight is 401 g/mol. The summed E-state index contributed by atoms with van der Waals surface area (Å²) in [5.74, 6) is 0.785. The molecule has 4 nitrogen and oxygen atoms in total. The number of ether oxygens (including phenoxy) is 1. The number of carbonyl (C=O) groups excluding carboxylic acids is 1. The van der Waals surface area contributed by atoms with Gasteiger partial charge in [-0.25, -0.2) is 4.99 Å². The highest BCUT2D eigenvalue weighted by atomic mass is 32.2. The van der Waals surface area contributed by atoms with Crippen molar-refractivity contribution in [1.29, 1.82) is 0 Å². The number of thioether (sulfide) groups is 1. The molecule has 144 valence electrons. The zero-order valence-electron chi connectivity index (χ0n) is 16.2. The molecule has 1 amide bonds. The molecule has 1 heterocycles. The first kappa shape index (κ1) is 19.0. The van der Waals surface area contributed by atoms with E-state index in [0.717, 1.165) is 28.1 Å². The molecule has 1 fully saturated rings. The topological polar surface area (TPSA) is 41.9 Å². The van der Waals surface area contributed by atoms with Gasteiger partial charge >= 0.3 is 0 Å². The summed E-state index contributed by atoms with van der Waals surface area (Å²) < 4.78 is 5.23. The molecule has 3 aromatic rings.